The predicted molar refractivity (Wildman–Crippen MR) is 120 cm³/mol. The molecule has 0 saturated carbocycles. The second-order valence-corrected chi connectivity index (χ2v) is 8.15. The number of nitrogens with one attached hydrogen (secondary N) is 2. The minimum absolute atomic E-state index is 0.0473. The molecule has 3 aromatic rings. The number of anilines is 2. The van der Waals surface area contributed by atoms with E-state index in [0.29, 0.717) is 18.8 Å². The molecule has 0 radical (unpaired) electrons. The monoisotopic (exact) mass is 473 g/mol. The molecule has 2 aromatic heterocycles. The highest BCUT2D eigenvalue weighted by Crippen LogP contribution is 2.21. The minimum Gasteiger partial charge on any atom is -0.370 e. The van der Waals surface area contributed by atoms with Crippen LogP contribution in [0.3, 0.4) is 0 Å². The Hall–Kier alpha value is -2.98. The number of carbonyl (C=O) groups excluding carboxylic acids is 1. The Morgan fingerprint density at radius 2 is 1.97 bits per heavy atom. The van der Waals surface area contributed by atoms with Crippen LogP contribution < -0.4 is 22.1 Å². The molecule has 0 aliphatic rings. The molecule has 1 aromatic carbocycles. The summed E-state index contributed by atoms with van der Waals surface area (Å²) >= 11 is 4.95. The van der Waals surface area contributed by atoms with E-state index in [1.165, 1.54) is 0 Å². The van der Waals surface area contributed by atoms with Gasteiger partial charge in [0.15, 0.2) is 5.96 Å². The van der Waals surface area contributed by atoms with Crippen LogP contribution in [0, 0.1) is 6.92 Å². The number of rotatable bonds is 7. The third kappa shape index (κ3) is 6.54. The van der Waals surface area contributed by atoms with E-state index >= 15 is 0 Å². The average Bonchev–Trinajstić information content (AvgIpc) is 3.04. The van der Waals surface area contributed by atoms with Crippen LogP contribution in [0.2, 0.25) is 0 Å². The van der Waals surface area contributed by atoms with Gasteiger partial charge in [-0.1, -0.05) is 12.1 Å². The van der Waals surface area contributed by atoms with Gasteiger partial charge in [0.05, 0.1) is 6.42 Å². The number of nitrogens with two attached hydrogens (primary N) is 2. The molecule has 3 rings (SSSR count). The molecule has 0 aliphatic carbocycles. The molecule has 0 aliphatic heterocycles. The molecule has 10 heteroatoms. The standard InChI is InChI=1S/C19H20BrN7OS/c1-11-6-16(26-19(24-11)27-18(21)22)23-9-12-2-4-14(5-3-12)25-17(28)8-15-7-13(20)10-29-15/h2-7,10H,8-9H2,1H3,(H,25,28)(H5,21,22,23,24,26,27). The summed E-state index contributed by atoms with van der Waals surface area (Å²) in [6.45, 7) is 2.39. The van der Waals surface area contributed by atoms with Gasteiger partial charge in [0.25, 0.3) is 5.95 Å². The number of aryl methyl sites for hydroxylation is 1. The van der Waals surface area contributed by atoms with Crippen molar-refractivity contribution in [2.45, 2.75) is 19.9 Å². The summed E-state index contributed by atoms with van der Waals surface area (Å²) in [4.78, 5) is 25.5. The van der Waals surface area contributed by atoms with Crippen LogP contribution >= 0.6 is 27.3 Å². The Morgan fingerprint density at radius 1 is 1.21 bits per heavy atom. The third-order valence-corrected chi connectivity index (χ3v) is 5.44. The van der Waals surface area contributed by atoms with Gasteiger partial charge in [0.1, 0.15) is 5.82 Å². The fraction of sp³-hybridized carbons (Fsp3) is 0.158. The van der Waals surface area contributed by atoms with E-state index in [2.05, 4.69) is 41.5 Å². The molecule has 0 spiro atoms. The number of aromatic nitrogens is 2. The van der Waals surface area contributed by atoms with Crippen molar-refractivity contribution in [3.8, 4) is 0 Å². The highest BCUT2D eigenvalue weighted by Gasteiger charge is 2.07. The van der Waals surface area contributed by atoms with Gasteiger partial charge in [-0.25, -0.2) is 4.98 Å². The van der Waals surface area contributed by atoms with E-state index in [1.807, 2.05) is 48.7 Å². The number of nitrogens with zero attached hydrogens (tertiary/aromatic N) is 3. The first-order valence-electron chi connectivity index (χ1n) is 8.68. The van der Waals surface area contributed by atoms with Crippen molar-refractivity contribution in [3.63, 3.8) is 0 Å². The van der Waals surface area contributed by atoms with Crippen LogP contribution in [0.5, 0.6) is 0 Å². The fourth-order valence-electron chi connectivity index (χ4n) is 2.52. The number of aliphatic imine (C=N–C) groups is 1. The van der Waals surface area contributed by atoms with Crippen molar-refractivity contribution in [2.24, 2.45) is 16.5 Å². The summed E-state index contributed by atoms with van der Waals surface area (Å²) in [5, 5.41) is 8.09. The van der Waals surface area contributed by atoms with Gasteiger partial charge in [-0.05, 0) is 46.6 Å². The van der Waals surface area contributed by atoms with Crippen molar-refractivity contribution < 1.29 is 4.79 Å². The first kappa shape index (κ1) is 20.7. The fourth-order valence-corrected chi connectivity index (χ4v) is 3.97. The molecular weight excluding hydrogens is 454 g/mol. The van der Waals surface area contributed by atoms with Crippen LogP contribution in [0.1, 0.15) is 16.1 Å². The smallest absolute Gasteiger partial charge is 0.254 e. The molecule has 0 unspecified atom stereocenters. The Morgan fingerprint density at radius 3 is 2.62 bits per heavy atom. The Kier molecular flexibility index (Phi) is 6.78. The Bertz CT molecular complexity index is 1030. The first-order valence-corrected chi connectivity index (χ1v) is 10.4. The summed E-state index contributed by atoms with van der Waals surface area (Å²) in [5.74, 6) is 0.695. The molecule has 8 nitrogen and oxygen atoms in total. The number of halogens is 1. The van der Waals surface area contributed by atoms with E-state index in [1.54, 1.807) is 11.3 Å². The van der Waals surface area contributed by atoms with Crippen molar-refractivity contribution in [2.75, 3.05) is 10.6 Å². The van der Waals surface area contributed by atoms with Crippen LogP contribution in [0.15, 0.2) is 51.2 Å². The van der Waals surface area contributed by atoms with Gasteiger partial charge in [0.2, 0.25) is 5.91 Å². The van der Waals surface area contributed by atoms with Crippen molar-refractivity contribution in [1.82, 2.24) is 9.97 Å². The number of hydrogen-bond acceptors (Lipinski definition) is 6. The third-order valence-electron chi connectivity index (χ3n) is 3.74. The maximum absolute atomic E-state index is 12.2. The number of benzene rings is 1. The van der Waals surface area contributed by atoms with Gasteiger partial charge in [-0.15, -0.1) is 11.3 Å². The Labute approximate surface area is 180 Å². The lowest BCUT2D eigenvalue weighted by atomic mass is 10.2. The van der Waals surface area contributed by atoms with Gasteiger partial charge < -0.3 is 22.1 Å². The molecule has 0 atom stereocenters. The van der Waals surface area contributed by atoms with Gasteiger partial charge in [0, 0.05) is 38.7 Å². The molecule has 0 fully saturated rings. The molecule has 150 valence electrons. The van der Waals surface area contributed by atoms with Gasteiger partial charge in [-0.2, -0.15) is 9.98 Å². The zero-order chi connectivity index (χ0) is 20.8. The van der Waals surface area contributed by atoms with Gasteiger partial charge in [-0.3, -0.25) is 4.79 Å². The van der Waals surface area contributed by atoms with Crippen LogP contribution in [0.25, 0.3) is 0 Å². The van der Waals surface area contributed by atoms with Crippen molar-refractivity contribution >= 4 is 56.6 Å². The summed E-state index contributed by atoms with van der Waals surface area (Å²) in [5.41, 5.74) is 13.3. The molecule has 2 heterocycles. The summed E-state index contributed by atoms with van der Waals surface area (Å²) in [7, 11) is 0. The van der Waals surface area contributed by atoms with E-state index in [0.717, 1.165) is 26.3 Å². The zero-order valence-electron chi connectivity index (χ0n) is 15.6. The first-order chi connectivity index (χ1) is 13.9. The molecule has 0 saturated heterocycles. The quantitative estimate of drug-likeness (QED) is 0.307. The molecule has 29 heavy (non-hydrogen) atoms. The number of carbonyl (C=O) groups is 1. The number of guanidine groups is 1. The molecule has 1 amide bonds. The van der Waals surface area contributed by atoms with Crippen LogP contribution in [-0.4, -0.2) is 21.8 Å². The number of hydrogen-bond donors (Lipinski definition) is 4. The number of amides is 1. The second kappa shape index (κ2) is 9.48. The summed E-state index contributed by atoms with van der Waals surface area (Å²) < 4.78 is 0.992. The summed E-state index contributed by atoms with van der Waals surface area (Å²) in [6, 6.07) is 11.4. The largest absolute Gasteiger partial charge is 0.370 e. The molecular formula is C19H20BrN7OS. The lowest BCUT2D eigenvalue weighted by Gasteiger charge is -2.09. The van der Waals surface area contributed by atoms with E-state index < -0.39 is 0 Å². The zero-order valence-corrected chi connectivity index (χ0v) is 18.0. The predicted octanol–water partition coefficient (Wildman–Crippen LogP) is 3.31. The lowest BCUT2D eigenvalue weighted by molar-refractivity contribution is -0.115. The maximum Gasteiger partial charge on any atom is 0.254 e. The highest BCUT2D eigenvalue weighted by molar-refractivity contribution is 9.10. The van der Waals surface area contributed by atoms with Crippen molar-refractivity contribution in [3.05, 3.63) is 62.4 Å². The number of thiophene rings is 1. The van der Waals surface area contributed by atoms with E-state index in [4.69, 9.17) is 11.5 Å². The van der Waals surface area contributed by atoms with E-state index in [-0.39, 0.29) is 17.8 Å². The minimum atomic E-state index is -0.0918. The second-order valence-electron chi connectivity index (χ2n) is 6.24. The highest BCUT2D eigenvalue weighted by atomic mass is 79.9. The average molecular weight is 474 g/mol. The lowest BCUT2D eigenvalue weighted by Crippen LogP contribution is -2.22. The SMILES string of the molecule is Cc1cc(NCc2ccc(NC(=O)Cc3cc(Br)cs3)cc2)nc(N=C(N)N)n1. The Balaban J connectivity index is 1.56. The maximum atomic E-state index is 12.2. The van der Waals surface area contributed by atoms with Crippen LogP contribution in [-0.2, 0) is 17.8 Å². The topological polar surface area (TPSA) is 131 Å². The van der Waals surface area contributed by atoms with Gasteiger partial charge >= 0.3 is 0 Å². The molecule has 6 N–H and O–H groups in total. The van der Waals surface area contributed by atoms with Crippen LogP contribution in [0.4, 0.5) is 17.5 Å². The van der Waals surface area contributed by atoms with E-state index in [9.17, 15) is 4.79 Å². The summed E-state index contributed by atoms with van der Waals surface area (Å²) in [6.07, 6.45) is 0.352. The normalized spacial score (nSPS) is 10.4. The van der Waals surface area contributed by atoms with Crippen molar-refractivity contribution in [1.29, 1.82) is 0 Å². The molecule has 0 bridgehead atoms.